The molecule has 1 amide bonds. The third-order valence-corrected chi connectivity index (χ3v) is 13.5. The predicted octanol–water partition coefficient (Wildman–Crippen LogP) is 15.2. The van der Waals surface area contributed by atoms with E-state index in [1.54, 1.807) is 6.08 Å². The van der Waals surface area contributed by atoms with Gasteiger partial charge in [0.2, 0.25) is 5.91 Å². The summed E-state index contributed by atoms with van der Waals surface area (Å²) >= 11 is 0. The summed E-state index contributed by atoms with van der Waals surface area (Å²) in [7, 11) is 1.28. The van der Waals surface area contributed by atoms with Crippen LogP contribution in [0.2, 0.25) is 0 Å². The van der Waals surface area contributed by atoms with E-state index in [2.05, 4.69) is 19.2 Å². The lowest BCUT2D eigenvalue weighted by Gasteiger charge is -2.29. The lowest BCUT2D eigenvalue weighted by Crippen LogP contribution is -2.45. The van der Waals surface area contributed by atoms with Crippen molar-refractivity contribution in [3.63, 3.8) is 0 Å². The van der Waals surface area contributed by atoms with Crippen LogP contribution < -0.4 is 10.2 Å². The van der Waals surface area contributed by atoms with E-state index in [0.29, 0.717) is 17.4 Å². The molecule has 370 valence electrons. The van der Waals surface area contributed by atoms with Gasteiger partial charge in [-0.25, -0.2) is 0 Å². The summed E-state index contributed by atoms with van der Waals surface area (Å²) in [5, 5.41) is 13.9. The van der Waals surface area contributed by atoms with E-state index in [-0.39, 0.29) is 19.1 Å². The second-order valence-electron chi connectivity index (χ2n) is 19.9. The van der Waals surface area contributed by atoms with Gasteiger partial charge in [0, 0.05) is 6.42 Å². The number of hydrogen-bond donors (Lipinski definition) is 2. The molecule has 0 aromatic carbocycles. The summed E-state index contributed by atoms with van der Waals surface area (Å²) in [6.07, 6.45) is 54.1. The Morgan fingerprint density at radius 2 is 0.871 bits per heavy atom. The number of amides is 1. The molecule has 62 heavy (non-hydrogen) atoms. The van der Waals surface area contributed by atoms with Crippen LogP contribution >= 0.6 is 7.82 Å². The molecule has 0 aliphatic rings. The minimum Gasteiger partial charge on any atom is -0.756 e. The first-order valence-corrected chi connectivity index (χ1v) is 28.5. The zero-order chi connectivity index (χ0) is 45.7. The lowest BCUT2D eigenvalue weighted by atomic mass is 10.0. The van der Waals surface area contributed by atoms with Crippen LogP contribution in [0.4, 0.5) is 0 Å². The Kier molecular flexibility index (Phi) is 44.8. The number of likely N-dealkylation sites (N-methyl/N-ethyl adjacent to an activating group) is 1. The van der Waals surface area contributed by atoms with E-state index >= 15 is 0 Å². The summed E-state index contributed by atoms with van der Waals surface area (Å²) in [4.78, 5) is 25.4. The fourth-order valence-electron chi connectivity index (χ4n) is 8.21. The maximum absolute atomic E-state index is 12.9. The number of carbonyl (C=O) groups excluding carboxylic acids is 1. The monoisotopic (exact) mass is 899 g/mol. The van der Waals surface area contributed by atoms with Crippen molar-refractivity contribution in [2.45, 2.75) is 283 Å². The molecule has 0 bridgehead atoms. The molecule has 0 aliphatic heterocycles. The zero-order valence-electron chi connectivity index (χ0n) is 42.1. The van der Waals surface area contributed by atoms with Crippen molar-refractivity contribution in [3.8, 4) is 0 Å². The van der Waals surface area contributed by atoms with Gasteiger partial charge in [0.1, 0.15) is 13.2 Å². The molecular weight excluding hydrogens is 792 g/mol. The Morgan fingerprint density at radius 3 is 1.21 bits per heavy atom. The molecule has 0 fully saturated rings. The van der Waals surface area contributed by atoms with Gasteiger partial charge >= 0.3 is 0 Å². The molecule has 0 heterocycles. The van der Waals surface area contributed by atoms with Crippen molar-refractivity contribution < 1.29 is 32.9 Å². The average Bonchev–Trinajstić information content (AvgIpc) is 3.23. The Hall–Kier alpha value is -0.760. The zero-order valence-corrected chi connectivity index (χ0v) is 43.0. The SMILES string of the molecule is CCCCCCCCCCCCCCCCCCCCCC/C=C/C(O)C(COP(=O)([O-])OCC[N+](C)(C)C)NC(=O)CCCCCCCCCCCCCCCCCCCC. The highest BCUT2D eigenvalue weighted by atomic mass is 31.2. The number of nitrogens with one attached hydrogen (secondary N) is 1. The molecule has 9 heteroatoms. The second kappa shape index (κ2) is 45.4. The summed E-state index contributed by atoms with van der Waals surface area (Å²) < 4.78 is 23.3. The van der Waals surface area contributed by atoms with E-state index in [9.17, 15) is 19.4 Å². The maximum Gasteiger partial charge on any atom is 0.268 e. The van der Waals surface area contributed by atoms with Gasteiger partial charge in [-0.15, -0.1) is 0 Å². The predicted molar refractivity (Wildman–Crippen MR) is 266 cm³/mol. The fourth-order valence-corrected chi connectivity index (χ4v) is 8.94. The van der Waals surface area contributed by atoms with Crippen LogP contribution in [-0.2, 0) is 18.4 Å². The van der Waals surface area contributed by atoms with Gasteiger partial charge in [0.15, 0.2) is 0 Å². The Labute approximate surface area is 386 Å². The van der Waals surface area contributed by atoms with Gasteiger partial charge in [0.25, 0.3) is 7.82 Å². The third kappa shape index (κ3) is 47.2. The molecule has 8 nitrogen and oxygen atoms in total. The molecular formula is C53H107N2O6P. The number of unbranched alkanes of at least 4 members (excludes halogenated alkanes) is 37. The highest BCUT2D eigenvalue weighted by Gasteiger charge is 2.23. The summed E-state index contributed by atoms with van der Waals surface area (Å²) in [5.74, 6) is -0.191. The Bertz CT molecular complexity index is 1020. The number of quaternary nitrogens is 1. The molecule has 0 aromatic heterocycles. The number of aliphatic hydroxyl groups excluding tert-OH is 1. The topological polar surface area (TPSA) is 108 Å². The van der Waals surface area contributed by atoms with Crippen LogP contribution in [0.1, 0.15) is 271 Å². The molecule has 0 spiro atoms. The minimum absolute atomic E-state index is 0.00257. The molecule has 3 atom stereocenters. The van der Waals surface area contributed by atoms with Gasteiger partial charge in [-0.1, -0.05) is 257 Å². The third-order valence-electron chi connectivity index (χ3n) is 12.5. The van der Waals surface area contributed by atoms with E-state index < -0.39 is 20.0 Å². The standard InChI is InChI=1S/C53H107N2O6P/c1-6-8-10-12-14-16-18-20-22-24-26-27-28-29-30-32-34-36-38-40-42-44-46-52(56)51(50-61-62(58,59)60-49-48-55(3,4)5)54-53(57)47-45-43-41-39-37-35-33-31-25-23-21-19-17-15-13-11-9-7-2/h44,46,51-52,56H,6-43,45,47-50H2,1-5H3,(H-,54,57,58,59)/b46-44+. The molecule has 0 saturated carbocycles. The Balaban J connectivity index is 4.24. The van der Waals surface area contributed by atoms with E-state index in [1.807, 2.05) is 27.2 Å². The first-order chi connectivity index (χ1) is 30.0. The molecule has 2 N–H and O–H groups in total. The number of hydrogen-bond acceptors (Lipinski definition) is 6. The van der Waals surface area contributed by atoms with Gasteiger partial charge in [0.05, 0.1) is 39.9 Å². The second-order valence-corrected chi connectivity index (χ2v) is 21.4. The number of allylic oxidation sites excluding steroid dienone is 1. The normalized spacial score (nSPS) is 14.1. The number of aliphatic hydroxyl groups is 1. The van der Waals surface area contributed by atoms with Crippen LogP contribution in [0.25, 0.3) is 0 Å². The minimum atomic E-state index is -4.59. The van der Waals surface area contributed by atoms with Crippen molar-refractivity contribution in [1.82, 2.24) is 5.32 Å². The van der Waals surface area contributed by atoms with Crippen molar-refractivity contribution in [2.24, 2.45) is 0 Å². The van der Waals surface area contributed by atoms with Crippen LogP contribution in [0.15, 0.2) is 12.2 Å². The number of rotatable bonds is 50. The van der Waals surface area contributed by atoms with Crippen molar-refractivity contribution in [2.75, 3.05) is 40.9 Å². The summed E-state index contributed by atoms with van der Waals surface area (Å²) in [6, 6.07) is -0.881. The number of nitrogens with zero attached hydrogens (tertiary/aromatic N) is 1. The van der Waals surface area contributed by atoms with Crippen LogP contribution in [-0.4, -0.2) is 68.5 Å². The first kappa shape index (κ1) is 61.2. The van der Waals surface area contributed by atoms with Crippen LogP contribution in [0.5, 0.6) is 0 Å². The van der Waals surface area contributed by atoms with E-state index in [0.717, 1.165) is 38.5 Å². The van der Waals surface area contributed by atoms with Gasteiger partial charge < -0.3 is 28.8 Å². The highest BCUT2D eigenvalue weighted by Crippen LogP contribution is 2.38. The maximum atomic E-state index is 12.9. The number of carbonyl (C=O) groups is 1. The Morgan fingerprint density at radius 1 is 0.548 bits per heavy atom. The highest BCUT2D eigenvalue weighted by molar-refractivity contribution is 7.45. The van der Waals surface area contributed by atoms with Crippen molar-refractivity contribution in [1.29, 1.82) is 0 Å². The number of phosphoric acid groups is 1. The van der Waals surface area contributed by atoms with Crippen LogP contribution in [0.3, 0.4) is 0 Å². The fraction of sp³-hybridized carbons (Fsp3) is 0.943. The first-order valence-electron chi connectivity index (χ1n) is 27.1. The van der Waals surface area contributed by atoms with Gasteiger partial charge in [-0.05, 0) is 19.3 Å². The smallest absolute Gasteiger partial charge is 0.268 e. The van der Waals surface area contributed by atoms with Gasteiger partial charge in [-0.2, -0.15) is 0 Å². The molecule has 0 aliphatic carbocycles. The molecule has 0 saturated heterocycles. The quantitative estimate of drug-likeness (QED) is 0.0272. The average molecular weight is 899 g/mol. The summed E-state index contributed by atoms with van der Waals surface area (Å²) in [6.45, 7) is 4.69. The molecule has 3 unspecified atom stereocenters. The molecule has 0 aromatic rings. The molecule has 0 radical (unpaired) electrons. The van der Waals surface area contributed by atoms with Crippen molar-refractivity contribution >= 4 is 13.7 Å². The molecule has 0 rings (SSSR count). The van der Waals surface area contributed by atoms with Gasteiger partial charge in [-0.3, -0.25) is 9.36 Å². The van der Waals surface area contributed by atoms with Crippen LogP contribution in [0, 0.1) is 0 Å². The van der Waals surface area contributed by atoms with E-state index in [4.69, 9.17) is 9.05 Å². The number of phosphoric ester groups is 1. The van der Waals surface area contributed by atoms with Crippen molar-refractivity contribution in [3.05, 3.63) is 12.2 Å². The summed E-state index contributed by atoms with van der Waals surface area (Å²) in [5.41, 5.74) is 0. The van der Waals surface area contributed by atoms with E-state index in [1.165, 1.54) is 212 Å². The largest absolute Gasteiger partial charge is 0.756 e. The lowest BCUT2D eigenvalue weighted by molar-refractivity contribution is -0.870.